The van der Waals surface area contributed by atoms with E-state index in [1.165, 1.54) is 0 Å². The molecule has 0 radical (unpaired) electrons. The van der Waals surface area contributed by atoms with E-state index in [4.69, 9.17) is 0 Å². The minimum Gasteiger partial charge on any atom is -0.388 e. The number of rotatable bonds is 5. The second-order valence-electron chi connectivity index (χ2n) is 7.43. The molecule has 4 rings (SSSR count). The normalized spacial score (nSPS) is 15.6. The van der Waals surface area contributed by atoms with Crippen LogP contribution in [0.5, 0.6) is 0 Å². The molecule has 160 valence electrons. The lowest BCUT2D eigenvalue weighted by Crippen LogP contribution is -2.41. The van der Waals surface area contributed by atoms with Gasteiger partial charge in [0.25, 0.3) is 5.91 Å². The summed E-state index contributed by atoms with van der Waals surface area (Å²) in [5.74, 6) is 0.605. The maximum atomic E-state index is 13.1. The number of benzene rings is 2. The second kappa shape index (κ2) is 11.0. The molecule has 0 aliphatic carbocycles. The Morgan fingerprint density at radius 3 is 2.63 bits per heavy atom. The molecule has 1 amide bonds. The average Bonchev–Trinajstić information content (AvgIpc) is 3.26. The summed E-state index contributed by atoms with van der Waals surface area (Å²) < 4.78 is 2.11. The van der Waals surface area contributed by atoms with Gasteiger partial charge in [0, 0.05) is 50.3 Å². The lowest BCUT2D eigenvalue weighted by Gasteiger charge is -2.33. The summed E-state index contributed by atoms with van der Waals surface area (Å²) in [7, 11) is 1.91. The Kier molecular flexibility index (Phi) is 8.75. The lowest BCUT2D eigenvalue weighted by molar-refractivity contribution is 0.0662. The molecule has 3 aromatic rings. The van der Waals surface area contributed by atoms with E-state index in [0.717, 1.165) is 54.9 Å². The van der Waals surface area contributed by atoms with Crippen molar-refractivity contribution in [3.63, 3.8) is 0 Å². The molecule has 0 spiro atoms. The van der Waals surface area contributed by atoms with Gasteiger partial charge in [-0.3, -0.25) is 4.79 Å². The third-order valence-electron chi connectivity index (χ3n) is 5.45. The van der Waals surface area contributed by atoms with Crippen LogP contribution in [0.3, 0.4) is 0 Å². The van der Waals surface area contributed by atoms with Gasteiger partial charge < -0.3 is 14.8 Å². The van der Waals surface area contributed by atoms with Gasteiger partial charge in [-0.2, -0.15) is 0 Å². The minimum atomic E-state index is 0. The predicted octanol–water partition coefficient (Wildman–Crippen LogP) is 4.99. The Morgan fingerprint density at radius 1 is 1.13 bits per heavy atom. The Morgan fingerprint density at radius 2 is 1.93 bits per heavy atom. The van der Waals surface area contributed by atoms with Crippen LogP contribution in [-0.4, -0.2) is 40.5 Å². The highest BCUT2D eigenvalue weighted by molar-refractivity contribution is 5.95. The number of carbonyl (C=O) groups excluding carboxylic acids is 1. The van der Waals surface area contributed by atoms with Gasteiger partial charge in [0.15, 0.2) is 0 Å². The largest absolute Gasteiger partial charge is 0.388 e. The number of nitrogens with one attached hydrogen (secondary N) is 1. The van der Waals surface area contributed by atoms with Crippen molar-refractivity contribution in [2.45, 2.75) is 19.4 Å². The monoisotopic (exact) mass is 446 g/mol. The first-order chi connectivity index (χ1) is 13.7. The highest BCUT2D eigenvalue weighted by Gasteiger charge is 2.24. The fraction of sp³-hybridized carbons (Fsp3) is 0.304. The smallest absolute Gasteiger partial charge is 0.253 e. The van der Waals surface area contributed by atoms with E-state index >= 15 is 0 Å². The van der Waals surface area contributed by atoms with Crippen LogP contribution < -0.4 is 5.32 Å². The summed E-state index contributed by atoms with van der Waals surface area (Å²) in [6.07, 6.45) is 7.85. The van der Waals surface area contributed by atoms with Crippen LogP contribution >= 0.6 is 24.8 Å². The first-order valence-electron chi connectivity index (χ1n) is 9.86. The number of likely N-dealkylation sites (tertiary alicyclic amines) is 1. The van der Waals surface area contributed by atoms with Crippen molar-refractivity contribution in [3.05, 3.63) is 72.8 Å². The molecular formula is C23H28Cl2N4O. The number of hydrogen-bond acceptors (Lipinski definition) is 3. The topological polar surface area (TPSA) is 50.2 Å². The van der Waals surface area contributed by atoms with Crippen LogP contribution in [0.15, 0.2) is 67.3 Å². The summed E-state index contributed by atoms with van der Waals surface area (Å²) in [5, 5.41) is 3.13. The lowest BCUT2D eigenvalue weighted by atomic mass is 9.96. The number of imidazole rings is 1. The Balaban J connectivity index is 0.00000160. The first-order valence-corrected chi connectivity index (χ1v) is 9.86. The van der Waals surface area contributed by atoms with Crippen LogP contribution in [-0.2, 0) is 6.54 Å². The maximum absolute atomic E-state index is 13.1. The van der Waals surface area contributed by atoms with Gasteiger partial charge in [-0.05, 0) is 54.2 Å². The number of amides is 1. The molecule has 1 aliphatic rings. The van der Waals surface area contributed by atoms with Gasteiger partial charge in [-0.15, -0.1) is 24.8 Å². The zero-order chi connectivity index (χ0) is 19.3. The van der Waals surface area contributed by atoms with Gasteiger partial charge >= 0.3 is 0 Å². The van der Waals surface area contributed by atoms with Crippen molar-refractivity contribution < 1.29 is 4.79 Å². The van der Waals surface area contributed by atoms with Crippen LogP contribution in [0.25, 0.3) is 11.1 Å². The Hall–Kier alpha value is -2.50. The molecule has 1 N–H and O–H groups in total. The molecule has 0 bridgehead atoms. The minimum absolute atomic E-state index is 0. The van der Waals surface area contributed by atoms with E-state index < -0.39 is 0 Å². The summed E-state index contributed by atoms with van der Waals surface area (Å²) in [6, 6.07) is 16.2. The number of nitrogens with zero attached hydrogens (tertiary/aromatic N) is 3. The van der Waals surface area contributed by atoms with Gasteiger partial charge in [0.1, 0.15) is 0 Å². The SMILES string of the molecule is CNc1ccc(-c2cccc(C(=O)N3CCCC(Cn4ccnc4)C3)c2)cc1.Cl.Cl. The van der Waals surface area contributed by atoms with Gasteiger partial charge in [0.2, 0.25) is 0 Å². The number of aromatic nitrogens is 2. The van der Waals surface area contributed by atoms with Gasteiger partial charge in [-0.1, -0.05) is 24.3 Å². The summed E-state index contributed by atoms with van der Waals surface area (Å²) >= 11 is 0. The van der Waals surface area contributed by atoms with E-state index in [9.17, 15) is 4.79 Å². The first kappa shape index (κ1) is 23.8. The standard InChI is InChI=1S/C23H26N4O.2ClH/c1-24-22-9-7-19(8-10-22)20-5-2-6-21(14-20)23(28)27-12-3-4-18(16-27)15-26-13-11-25-17-26;;/h2,5-11,13-14,17-18,24H,3-4,12,15-16H2,1H3;2*1H. The van der Waals surface area contributed by atoms with Crippen LogP contribution in [0.1, 0.15) is 23.2 Å². The van der Waals surface area contributed by atoms with Crippen molar-refractivity contribution in [2.75, 3.05) is 25.5 Å². The highest BCUT2D eigenvalue weighted by atomic mass is 35.5. The van der Waals surface area contributed by atoms with Gasteiger partial charge in [0.05, 0.1) is 6.33 Å². The number of carbonyl (C=O) groups is 1. The molecule has 1 fully saturated rings. The van der Waals surface area contributed by atoms with Crippen molar-refractivity contribution in [3.8, 4) is 11.1 Å². The maximum Gasteiger partial charge on any atom is 0.253 e. The second-order valence-corrected chi connectivity index (χ2v) is 7.43. The summed E-state index contributed by atoms with van der Waals surface area (Å²) in [6.45, 7) is 2.56. The molecular weight excluding hydrogens is 419 g/mol. The van der Waals surface area contributed by atoms with Crippen LogP contribution in [0.2, 0.25) is 0 Å². The molecule has 1 aromatic heterocycles. The quantitative estimate of drug-likeness (QED) is 0.600. The van der Waals surface area contributed by atoms with Crippen molar-refractivity contribution in [1.29, 1.82) is 0 Å². The molecule has 7 heteroatoms. The third-order valence-corrected chi connectivity index (χ3v) is 5.45. The number of halogens is 2. The highest BCUT2D eigenvalue weighted by Crippen LogP contribution is 2.25. The van der Waals surface area contributed by atoms with E-state index in [0.29, 0.717) is 5.92 Å². The Labute approximate surface area is 190 Å². The number of hydrogen-bond donors (Lipinski definition) is 1. The average molecular weight is 447 g/mol. The molecule has 5 nitrogen and oxygen atoms in total. The van der Waals surface area contributed by atoms with Crippen molar-refractivity contribution in [1.82, 2.24) is 14.5 Å². The molecule has 2 aromatic carbocycles. The molecule has 1 aliphatic heterocycles. The number of anilines is 1. The van der Waals surface area contributed by atoms with Crippen LogP contribution in [0.4, 0.5) is 5.69 Å². The fourth-order valence-corrected chi connectivity index (χ4v) is 3.94. The molecule has 1 saturated heterocycles. The third kappa shape index (κ3) is 5.55. The number of piperidine rings is 1. The molecule has 1 unspecified atom stereocenters. The van der Waals surface area contributed by atoms with Crippen molar-refractivity contribution in [2.24, 2.45) is 5.92 Å². The zero-order valence-corrected chi connectivity index (χ0v) is 18.7. The predicted molar refractivity (Wildman–Crippen MR) is 127 cm³/mol. The zero-order valence-electron chi connectivity index (χ0n) is 17.0. The van der Waals surface area contributed by atoms with E-state index in [1.54, 1.807) is 6.20 Å². The van der Waals surface area contributed by atoms with E-state index in [2.05, 4.69) is 45.2 Å². The molecule has 0 saturated carbocycles. The van der Waals surface area contributed by atoms with Crippen LogP contribution in [0, 0.1) is 5.92 Å². The van der Waals surface area contributed by atoms with E-state index in [1.807, 2.05) is 42.7 Å². The van der Waals surface area contributed by atoms with Gasteiger partial charge in [-0.25, -0.2) is 4.98 Å². The summed E-state index contributed by atoms with van der Waals surface area (Å²) in [4.78, 5) is 19.3. The van der Waals surface area contributed by atoms with E-state index in [-0.39, 0.29) is 30.7 Å². The molecule has 30 heavy (non-hydrogen) atoms. The Bertz CT molecular complexity index is 929. The van der Waals surface area contributed by atoms with Crippen molar-refractivity contribution >= 4 is 36.4 Å². The molecule has 1 atom stereocenters. The molecule has 2 heterocycles. The fourth-order valence-electron chi connectivity index (χ4n) is 3.94. The summed E-state index contributed by atoms with van der Waals surface area (Å²) in [5.41, 5.74) is 4.03.